The molecule has 0 bridgehead atoms. The number of halogens is 1. The SMILES string of the molecule is Cc1nc2c(s1)=C(O)C(=O)C1=C(Cc3cccc(Br)c3)[N+]([O-])=C(O)C=21. The molecule has 0 amide bonds. The van der Waals surface area contributed by atoms with E-state index in [4.69, 9.17) is 0 Å². The Morgan fingerprint density at radius 3 is 2.80 bits per heavy atom. The number of carbonyl (C=O) groups excluding carboxylic acids is 1. The quantitative estimate of drug-likeness (QED) is 0.570. The van der Waals surface area contributed by atoms with E-state index >= 15 is 0 Å². The Hall–Kier alpha value is -2.45. The lowest BCUT2D eigenvalue weighted by Crippen LogP contribution is -2.36. The molecule has 0 saturated heterocycles. The Morgan fingerprint density at radius 1 is 1.32 bits per heavy atom. The smallest absolute Gasteiger partial charge is 0.388 e. The highest BCUT2D eigenvalue weighted by molar-refractivity contribution is 9.10. The number of aryl methyl sites for hydroxylation is 1. The molecular weight excluding hydrogens is 408 g/mol. The fourth-order valence-corrected chi connectivity index (χ4v) is 4.35. The van der Waals surface area contributed by atoms with Crippen molar-refractivity contribution in [1.82, 2.24) is 4.98 Å². The van der Waals surface area contributed by atoms with Gasteiger partial charge in [0.05, 0.1) is 11.4 Å². The van der Waals surface area contributed by atoms with Crippen LogP contribution in [0, 0.1) is 12.1 Å². The molecule has 126 valence electrons. The van der Waals surface area contributed by atoms with Crippen molar-refractivity contribution < 1.29 is 19.7 Å². The van der Waals surface area contributed by atoms with Crippen molar-refractivity contribution in [3.05, 3.63) is 65.7 Å². The summed E-state index contributed by atoms with van der Waals surface area (Å²) in [5.41, 5.74) is 1.00. The van der Waals surface area contributed by atoms with Gasteiger partial charge in [-0.15, -0.1) is 16.1 Å². The molecule has 0 unspecified atom stereocenters. The van der Waals surface area contributed by atoms with Crippen LogP contribution >= 0.6 is 27.3 Å². The lowest BCUT2D eigenvalue weighted by atomic mass is 9.94. The average molecular weight is 419 g/mol. The Labute approximate surface area is 154 Å². The summed E-state index contributed by atoms with van der Waals surface area (Å²) in [6.07, 6.45) is 0.142. The molecule has 1 aliphatic heterocycles. The topological polar surface area (TPSA) is 96.5 Å². The number of hydrogen-bond acceptors (Lipinski definition) is 5. The molecule has 2 N–H and O–H groups in total. The van der Waals surface area contributed by atoms with Crippen LogP contribution in [0.1, 0.15) is 10.6 Å². The van der Waals surface area contributed by atoms with E-state index in [0.717, 1.165) is 21.4 Å². The lowest BCUT2D eigenvalue weighted by molar-refractivity contribution is -0.409. The van der Waals surface area contributed by atoms with Crippen molar-refractivity contribution in [2.24, 2.45) is 0 Å². The zero-order valence-electron chi connectivity index (χ0n) is 12.9. The van der Waals surface area contributed by atoms with Crippen LogP contribution in [0.5, 0.6) is 0 Å². The molecule has 4 rings (SSSR count). The largest absolute Gasteiger partial charge is 0.616 e. The third-order valence-corrected chi connectivity index (χ3v) is 5.56. The van der Waals surface area contributed by atoms with Gasteiger partial charge in [0.1, 0.15) is 21.0 Å². The Kier molecular flexibility index (Phi) is 3.55. The maximum absolute atomic E-state index is 12.7. The van der Waals surface area contributed by atoms with Crippen LogP contribution in [0.3, 0.4) is 0 Å². The molecule has 2 heterocycles. The molecule has 6 nitrogen and oxygen atoms in total. The number of thiazole rings is 1. The van der Waals surface area contributed by atoms with Crippen LogP contribution in [0.4, 0.5) is 0 Å². The fraction of sp³-hybridized carbons (Fsp3) is 0.118. The van der Waals surface area contributed by atoms with E-state index < -0.39 is 17.4 Å². The summed E-state index contributed by atoms with van der Waals surface area (Å²) < 4.78 is 1.47. The zero-order chi connectivity index (χ0) is 17.9. The van der Waals surface area contributed by atoms with Gasteiger partial charge in [-0.2, -0.15) is 0 Å². The summed E-state index contributed by atoms with van der Waals surface area (Å²) in [6.45, 7) is 1.73. The molecule has 0 saturated carbocycles. The van der Waals surface area contributed by atoms with Crippen LogP contribution in [0.15, 0.2) is 40.0 Å². The Bertz CT molecular complexity index is 1140. The van der Waals surface area contributed by atoms with E-state index in [0.29, 0.717) is 9.75 Å². The van der Waals surface area contributed by atoms with Gasteiger partial charge in [-0.1, -0.05) is 28.1 Å². The van der Waals surface area contributed by atoms with Crippen molar-refractivity contribution in [3.63, 3.8) is 0 Å². The molecule has 1 aromatic heterocycles. The number of carbonyl (C=O) groups is 1. The van der Waals surface area contributed by atoms with E-state index in [2.05, 4.69) is 20.9 Å². The molecule has 25 heavy (non-hydrogen) atoms. The number of rotatable bonds is 2. The van der Waals surface area contributed by atoms with Gasteiger partial charge in [0, 0.05) is 4.47 Å². The van der Waals surface area contributed by atoms with Crippen LogP contribution in [-0.2, 0) is 11.2 Å². The van der Waals surface area contributed by atoms with Gasteiger partial charge in [0.2, 0.25) is 11.5 Å². The van der Waals surface area contributed by atoms with Gasteiger partial charge in [0.15, 0.2) is 5.76 Å². The Morgan fingerprint density at radius 2 is 2.08 bits per heavy atom. The van der Waals surface area contributed by atoms with Gasteiger partial charge < -0.3 is 15.4 Å². The number of allylic oxidation sites excluding steroid dienone is 1. The number of hydrogen-bond donors (Lipinski definition) is 2. The standard InChI is InChI=1S/C17H11BrN2O4S/c1-7-19-13-12-11(14(21)15(22)16(13)25-7)10(20(24)17(12)23)6-8-3-2-4-9(18)5-8/h2-5,22-23H,6H2,1H3. The highest BCUT2D eigenvalue weighted by atomic mass is 79.9. The first-order chi connectivity index (χ1) is 11.9. The summed E-state index contributed by atoms with van der Waals surface area (Å²) in [5, 5.41) is 34.0. The van der Waals surface area contributed by atoms with Crippen molar-refractivity contribution in [2.45, 2.75) is 13.3 Å². The average Bonchev–Trinajstić information content (AvgIpc) is 3.06. The molecule has 0 fully saturated rings. The first kappa shape index (κ1) is 16.0. The second-order valence-corrected chi connectivity index (χ2v) is 7.83. The summed E-state index contributed by atoms with van der Waals surface area (Å²) in [6, 6.07) is 7.31. The third-order valence-electron chi connectivity index (χ3n) is 4.09. The number of ketones is 1. The first-order valence-corrected chi connectivity index (χ1v) is 8.96. The summed E-state index contributed by atoms with van der Waals surface area (Å²) in [4.78, 5) is 16.9. The van der Waals surface area contributed by atoms with E-state index in [1.807, 2.05) is 24.3 Å². The van der Waals surface area contributed by atoms with Crippen molar-refractivity contribution >= 4 is 50.3 Å². The number of hydroxylamine groups is 1. The van der Waals surface area contributed by atoms with Crippen LogP contribution in [-0.4, -0.2) is 31.6 Å². The lowest BCUT2D eigenvalue weighted by Gasteiger charge is -2.07. The number of aliphatic hydroxyl groups excluding tert-OH is 2. The molecule has 0 atom stereocenters. The summed E-state index contributed by atoms with van der Waals surface area (Å²) in [5.74, 6) is -1.66. The zero-order valence-corrected chi connectivity index (χ0v) is 15.3. The minimum atomic E-state index is -0.666. The van der Waals surface area contributed by atoms with Gasteiger partial charge in [-0.25, -0.2) is 4.98 Å². The van der Waals surface area contributed by atoms with Gasteiger partial charge in [-0.05, 0) is 24.6 Å². The summed E-state index contributed by atoms with van der Waals surface area (Å²) in [7, 11) is 0. The summed E-state index contributed by atoms with van der Waals surface area (Å²) >= 11 is 4.51. The minimum absolute atomic E-state index is 0.0165. The van der Waals surface area contributed by atoms with Crippen molar-refractivity contribution in [1.29, 1.82) is 0 Å². The molecule has 0 radical (unpaired) electrons. The molecule has 0 spiro atoms. The number of nitrogens with zero attached hydrogens (tertiary/aromatic N) is 2. The maximum atomic E-state index is 12.7. The highest BCUT2D eigenvalue weighted by Crippen LogP contribution is 2.31. The number of benzene rings is 1. The van der Waals surface area contributed by atoms with Crippen LogP contribution < -0.4 is 9.88 Å². The molecule has 1 aromatic carbocycles. The number of aromatic nitrogens is 1. The molecule has 1 aliphatic carbocycles. The van der Waals surface area contributed by atoms with Gasteiger partial charge >= 0.3 is 5.90 Å². The third kappa shape index (κ3) is 2.32. The first-order valence-electron chi connectivity index (χ1n) is 7.35. The second-order valence-electron chi connectivity index (χ2n) is 5.71. The monoisotopic (exact) mass is 418 g/mol. The number of fused-ring (bicyclic) bond motifs is 2. The van der Waals surface area contributed by atoms with Crippen molar-refractivity contribution in [3.8, 4) is 0 Å². The fourth-order valence-electron chi connectivity index (χ4n) is 3.03. The Balaban J connectivity index is 2.00. The van der Waals surface area contributed by atoms with E-state index in [-0.39, 0.29) is 33.1 Å². The van der Waals surface area contributed by atoms with Gasteiger partial charge in [-0.3, -0.25) is 4.79 Å². The van der Waals surface area contributed by atoms with E-state index in [1.165, 1.54) is 0 Å². The van der Waals surface area contributed by atoms with Crippen molar-refractivity contribution in [2.75, 3.05) is 0 Å². The maximum Gasteiger partial charge on any atom is 0.388 e. The highest BCUT2D eigenvalue weighted by Gasteiger charge is 2.43. The minimum Gasteiger partial charge on any atom is -0.616 e. The van der Waals surface area contributed by atoms with E-state index in [1.54, 1.807) is 6.92 Å². The number of Topliss-reactive ketones (excluding diaryl/α,β-unsaturated/α-hetero) is 1. The predicted molar refractivity (Wildman–Crippen MR) is 96.7 cm³/mol. The molecule has 8 heteroatoms. The molecule has 2 aliphatic rings. The van der Waals surface area contributed by atoms with Crippen LogP contribution in [0.25, 0.3) is 11.3 Å². The second kappa shape index (κ2) is 5.53. The predicted octanol–water partition coefficient (Wildman–Crippen LogP) is 1.59. The normalized spacial score (nSPS) is 16.6. The molecular formula is C17H11BrN2O4S. The van der Waals surface area contributed by atoms with Gasteiger partial charge in [0.25, 0.3) is 0 Å². The number of aliphatic hydroxyl groups is 2. The van der Waals surface area contributed by atoms with E-state index in [9.17, 15) is 20.2 Å². The van der Waals surface area contributed by atoms with Crippen LogP contribution in [0.2, 0.25) is 0 Å². The molecule has 2 aromatic rings.